The Morgan fingerprint density at radius 1 is 1.32 bits per heavy atom. The van der Waals surface area contributed by atoms with Crippen LogP contribution in [0.15, 0.2) is 35.3 Å². The van der Waals surface area contributed by atoms with Crippen molar-refractivity contribution in [3.8, 4) is 0 Å². The number of hydrogen-bond donors (Lipinski definition) is 1. The standard InChI is InChI=1S/C18H20IN5O/c1-11-5-3-4-6-13(11)9-23-8-12(2)14(10-23)16-21-17(25)15-7-20-18(19)24(15)22-16/h3-7,12,14H,8-10H2,1-2H3,(H,21,22,25). The van der Waals surface area contributed by atoms with Gasteiger partial charge in [0.1, 0.15) is 5.82 Å². The van der Waals surface area contributed by atoms with Gasteiger partial charge >= 0.3 is 0 Å². The summed E-state index contributed by atoms with van der Waals surface area (Å²) in [6.07, 6.45) is 1.57. The maximum absolute atomic E-state index is 12.3. The molecule has 4 rings (SSSR count). The molecule has 1 fully saturated rings. The molecule has 7 heteroatoms. The molecule has 25 heavy (non-hydrogen) atoms. The third-order valence-electron chi connectivity index (χ3n) is 5.07. The van der Waals surface area contributed by atoms with Gasteiger partial charge in [0.15, 0.2) is 9.35 Å². The summed E-state index contributed by atoms with van der Waals surface area (Å²) >= 11 is 2.10. The lowest BCUT2D eigenvalue weighted by molar-refractivity contribution is 0.317. The summed E-state index contributed by atoms with van der Waals surface area (Å²) < 4.78 is 2.35. The van der Waals surface area contributed by atoms with E-state index in [0.29, 0.717) is 15.3 Å². The zero-order chi connectivity index (χ0) is 17.6. The van der Waals surface area contributed by atoms with Crippen molar-refractivity contribution in [2.24, 2.45) is 5.92 Å². The minimum Gasteiger partial charge on any atom is -0.307 e. The minimum absolute atomic E-state index is 0.120. The minimum atomic E-state index is -0.120. The van der Waals surface area contributed by atoms with Crippen LogP contribution in [0.2, 0.25) is 0 Å². The van der Waals surface area contributed by atoms with E-state index in [1.807, 2.05) is 0 Å². The molecule has 3 aromatic rings. The molecule has 130 valence electrons. The maximum atomic E-state index is 12.3. The van der Waals surface area contributed by atoms with Crippen LogP contribution in [0.3, 0.4) is 0 Å². The van der Waals surface area contributed by atoms with Gasteiger partial charge in [-0.2, -0.15) is 5.10 Å². The average Bonchev–Trinajstić information content (AvgIpc) is 3.13. The van der Waals surface area contributed by atoms with Crippen molar-refractivity contribution < 1.29 is 0 Å². The summed E-state index contributed by atoms with van der Waals surface area (Å²) in [6.45, 7) is 7.21. The highest BCUT2D eigenvalue weighted by molar-refractivity contribution is 14.1. The number of aromatic nitrogens is 4. The second-order valence-corrected chi connectivity index (χ2v) is 7.83. The first-order valence-electron chi connectivity index (χ1n) is 8.43. The Balaban J connectivity index is 1.60. The normalized spacial score (nSPS) is 21.2. The largest absolute Gasteiger partial charge is 0.307 e. The highest BCUT2D eigenvalue weighted by atomic mass is 127. The van der Waals surface area contributed by atoms with Crippen molar-refractivity contribution in [1.82, 2.24) is 24.5 Å². The van der Waals surface area contributed by atoms with Crippen LogP contribution in [0.5, 0.6) is 0 Å². The highest BCUT2D eigenvalue weighted by Crippen LogP contribution is 2.31. The molecular formula is C18H20IN5O. The number of aryl methyl sites for hydroxylation is 1. The number of likely N-dealkylation sites (tertiary alicyclic amines) is 1. The van der Waals surface area contributed by atoms with Gasteiger partial charge in [-0.1, -0.05) is 31.2 Å². The second-order valence-electron chi connectivity index (χ2n) is 6.87. The fourth-order valence-corrected chi connectivity index (χ4v) is 4.14. The molecule has 6 nitrogen and oxygen atoms in total. The van der Waals surface area contributed by atoms with Crippen molar-refractivity contribution in [2.75, 3.05) is 13.1 Å². The van der Waals surface area contributed by atoms with Crippen LogP contribution < -0.4 is 5.56 Å². The molecule has 2 unspecified atom stereocenters. The molecule has 0 bridgehead atoms. The molecule has 0 radical (unpaired) electrons. The lowest BCUT2D eigenvalue weighted by atomic mass is 9.98. The zero-order valence-corrected chi connectivity index (χ0v) is 16.4. The predicted molar refractivity (Wildman–Crippen MR) is 105 cm³/mol. The summed E-state index contributed by atoms with van der Waals surface area (Å²) in [4.78, 5) is 21.9. The van der Waals surface area contributed by atoms with Crippen LogP contribution in [-0.4, -0.2) is 37.6 Å². The van der Waals surface area contributed by atoms with Crippen LogP contribution in [-0.2, 0) is 6.54 Å². The van der Waals surface area contributed by atoms with Crippen molar-refractivity contribution >= 4 is 28.1 Å². The van der Waals surface area contributed by atoms with E-state index in [1.165, 1.54) is 11.1 Å². The van der Waals surface area contributed by atoms with Crippen molar-refractivity contribution in [1.29, 1.82) is 0 Å². The number of benzene rings is 1. The summed E-state index contributed by atoms with van der Waals surface area (Å²) in [5.41, 5.74) is 3.05. The van der Waals surface area contributed by atoms with Gasteiger partial charge < -0.3 is 4.98 Å². The number of hydrogen-bond acceptors (Lipinski definition) is 4. The summed E-state index contributed by atoms with van der Waals surface area (Å²) in [7, 11) is 0. The van der Waals surface area contributed by atoms with E-state index in [-0.39, 0.29) is 11.5 Å². The first-order valence-corrected chi connectivity index (χ1v) is 9.51. The quantitative estimate of drug-likeness (QED) is 0.625. The second kappa shape index (κ2) is 6.53. The fraction of sp³-hybridized carbons (Fsp3) is 0.389. The molecule has 1 saturated heterocycles. The lowest BCUT2D eigenvalue weighted by Crippen LogP contribution is -2.23. The number of fused-ring (bicyclic) bond motifs is 1. The fourth-order valence-electron chi connectivity index (χ4n) is 3.63. The van der Waals surface area contributed by atoms with Gasteiger partial charge in [0.2, 0.25) is 0 Å². The van der Waals surface area contributed by atoms with Crippen molar-refractivity contribution in [2.45, 2.75) is 26.3 Å². The van der Waals surface area contributed by atoms with Crippen LogP contribution in [0, 0.1) is 16.7 Å². The van der Waals surface area contributed by atoms with Crippen molar-refractivity contribution in [3.05, 3.63) is 61.6 Å². The van der Waals surface area contributed by atoms with E-state index in [0.717, 1.165) is 25.5 Å². The number of aromatic amines is 1. The highest BCUT2D eigenvalue weighted by Gasteiger charge is 2.33. The Morgan fingerprint density at radius 3 is 2.92 bits per heavy atom. The molecule has 1 aliphatic rings. The third-order valence-corrected chi connectivity index (χ3v) is 5.81. The summed E-state index contributed by atoms with van der Waals surface area (Å²) in [5, 5.41) is 4.65. The first kappa shape index (κ1) is 16.7. The molecule has 1 N–H and O–H groups in total. The number of rotatable bonds is 3. The van der Waals surface area contributed by atoms with Crippen LogP contribution in [0.1, 0.15) is 29.8 Å². The predicted octanol–water partition coefficient (Wildman–Crippen LogP) is 2.57. The summed E-state index contributed by atoms with van der Waals surface area (Å²) in [5.74, 6) is 1.42. The van der Waals surface area contributed by atoms with Gasteiger partial charge in [0, 0.05) is 48.1 Å². The van der Waals surface area contributed by atoms with E-state index in [9.17, 15) is 4.79 Å². The molecule has 0 amide bonds. The number of H-pyrrole nitrogens is 1. The van der Waals surface area contributed by atoms with Crippen LogP contribution in [0.4, 0.5) is 0 Å². The molecule has 0 spiro atoms. The Hall–Kier alpha value is -1.74. The maximum Gasteiger partial charge on any atom is 0.276 e. The van der Waals surface area contributed by atoms with Gasteiger partial charge in [0.25, 0.3) is 5.56 Å². The first-order chi connectivity index (χ1) is 12.0. The Kier molecular flexibility index (Phi) is 4.36. The van der Waals surface area contributed by atoms with E-state index < -0.39 is 0 Å². The zero-order valence-electron chi connectivity index (χ0n) is 14.2. The molecule has 3 heterocycles. The molecule has 2 aromatic heterocycles. The Labute approximate surface area is 159 Å². The van der Waals surface area contributed by atoms with Crippen LogP contribution >= 0.6 is 22.6 Å². The number of halogens is 1. The number of nitrogens with zero attached hydrogens (tertiary/aromatic N) is 4. The molecular weight excluding hydrogens is 429 g/mol. The third kappa shape index (κ3) is 3.10. The Morgan fingerprint density at radius 2 is 2.12 bits per heavy atom. The van der Waals surface area contributed by atoms with E-state index in [1.54, 1.807) is 10.7 Å². The molecule has 2 atom stereocenters. The SMILES string of the molecule is Cc1ccccc1CN1CC(C)C(c2nn3c(I)ncc3c(=O)[nH]2)C1. The monoisotopic (exact) mass is 449 g/mol. The van der Waals surface area contributed by atoms with Crippen molar-refractivity contribution in [3.63, 3.8) is 0 Å². The molecule has 0 saturated carbocycles. The molecule has 0 aliphatic carbocycles. The van der Waals surface area contributed by atoms with E-state index >= 15 is 0 Å². The van der Waals surface area contributed by atoms with Crippen LogP contribution in [0.25, 0.3) is 5.52 Å². The van der Waals surface area contributed by atoms with Gasteiger partial charge in [-0.15, -0.1) is 0 Å². The molecule has 1 aliphatic heterocycles. The van der Waals surface area contributed by atoms with E-state index in [2.05, 4.69) is 80.7 Å². The Bertz CT molecular complexity index is 979. The van der Waals surface area contributed by atoms with Gasteiger partial charge in [-0.25, -0.2) is 9.50 Å². The lowest BCUT2D eigenvalue weighted by Gasteiger charge is -2.17. The van der Waals surface area contributed by atoms with Gasteiger partial charge in [-0.3, -0.25) is 9.69 Å². The average molecular weight is 449 g/mol. The van der Waals surface area contributed by atoms with Gasteiger partial charge in [-0.05, 0) is 24.0 Å². The van der Waals surface area contributed by atoms with E-state index in [4.69, 9.17) is 0 Å². The summed E-state index contributed by atoms with van der Waals surface area (Å²) in [6, 6.07) is 8.51. The van der Waals surface area contributed by atoms with Gasteiger partial charge in [0.05, 0.1) is 6.20 Å². The number of imidazole rings is 1. The molecule has 1 aromatic carbocycles. The topological polar surface area (TPSA) is 66.3 Å². The smallest absolute Gasteiger partial charge is 0.276 e. The number of nitrogens with one attached hydrogen (secondary N) is 1.